The third-order valence-corrected chi connectivity index (χ3v) is 0. The third kappa shape index (κ3) is 55.9. The zero-order valence-electron chi connectivity index (χ0n) is 3.88. The molecule has 0 saturated carbocycles. The molecule has 0 atom stereocenters. The fraction of sp³-hybridized carbons (Fsp3) is 1.00. The molecule has 0 fully saturated rings. The number of halogens is 1. The van der Waals surface area contributed by atoms with Crippen molar-refractivity contribution in [1.82, 2.24) is 0 Å². The van der Waals surface area contributed by atoms with Crippen molar-refractivity contribution in [1.29, 1.82) is 0 Å². The van der Waals surface area contributed by atoms with Gasteiger partial charge in [-0.15, -0.1) is 0 Å². The van der Waals surface area contributed by atoms with E-state index in [4.69, 9.17) is 10.0 Å². The molecule has 0 N–H and O–H groups in total. The first kappa shape index (κ1) is 5.83. The summed E-state index contributed by atoms with van der Waals surface area (Å²) >= 11 is -1.53. The first-order valence-corrected chi connectivity index (χ1v) is 10.7. The van der Waals surface area contributed by atoms with E-state index in [1.807, 2.05) is 0 Å². The molecule has 0 bridgehead atoms. The minimum absolute atomic E-state index is 1.53. The van der Waals surface area contributed by atoms with E-state index in [2.05, 4.69) is 17.3 Å². The molecule has 0 amide bonds. The SMILES string of the molecule is [CH3][74Ge]([CH3])([CH3])[35Cl]. The normalized spacial score (nSPS) is 12.0. The molecule has 0 radical (unpaired) electrons. The molecule has 0 aliphatic heterocycles. The van der Waals surface area contributed by atoms with Crippen LogP contribution in [0.1, 0.15) is 0 Å². The molecule has 0 saturated heterocycles. The van der Waals surface area contributed by atoms with Gasteiger partial charge in [0.25, 0.3) is 0 Å². The molecule has 0 unspecified atom stereocenters. The van der Waals surface area contributed by atoms with Crippen LogP contribution in [0, 0.1) is 0 Å². The van der Waals surface area contributed by atoms with Crippen LogP contribution in [0.15, 0.2) is 0 Å². The van der Waals surface area contributed by atoms with Crippen LogP contribution in [0.2, 0.25) is 17.3 Å². The van der Waals surface area contributed by atoms with Crippen LogP contribution in [0.5, 0.6) is 0 Å². The molecule has 0 aromatic heterocycles. The Labute approximate surface area is 40.1 Å². The van der Waals surface area contributed by atoms with Gasteiger partial charge in [0, 0.05) is 0 Å². The molecule has 0 nitrogen and oxygen atoms in total. The molecule has 0 spiro atoms. The molecule has 0 rings (SSSR count). The van der Waals surface area contributed by atoms with E-state index in [9.17, 15) is 0 Å². The second kappa shape index (κ2) is 1.52. The minimum atomic E-state index is -1.53. The van der Waals surface area contributed by atoms with Gasteiger partial charge in [-0.1, -0.05) is 0 Å². The van der Waals surface area contributed by atoms with Gasteiger partial charge in [-0.05, 0) is 0 Å². The summed E-state index contributed by atoms with van der Waals surface area (Å²) in [5.74, 6) is 6.42. The second-order valence-electron chi connectivity index (χ2n) is 2.07. The van der Waals surface area contributed by atoms with E-state index >= 15 is 0 Å². The second-order valence-corrected chi connectivity index (χ2v) is 16.6. The van der Waals surface area contributed by atoms with Crippen LogP contribution in [0.3, 0.4) is 0 Å². The van der Waals surface area contributed by atoms with Gasteiger partial charge in [0.15, 0.2) is 0 Å². The Morgan fingerprint density at radius 2 is 1.20 bits per heavy atom. The van der Waals surface area contributed by atoms with Crippen molar-refractivity contribution in [3.8, 4) is 0 Å². The van der Waals surface area contributed by atoms with Gasteiger partial charge < -0.3 is 0 Å². The van der Waals surface area contributed by atoms with Gasteiger partial charge in [-0.2, -0.15) is 0 Å². The zero-order chi connectivity index (χ0) is 4.50. The van der Waals surface area contributed by atoms with Crippen molar-refractivity contribution >= 4 is 22.3 Å². The van der Waals surface area contributed by atoms with Gasteiger partial charge in [0.1, 0.15) is 0 Å². The van der Waals surface area contributed by atoms with E-state index < -0.39 is 12.3 Å². The fourth-order valence-electron chi connectivity index (χ4n) is 0. The topological polar surface area (TPSA) is 0 Å². The maximum absolute atomic E-state index is 5.72. The van der Waals surface area contributed by atoms with Crippen LogP contribution in [-0.2, 0) is 0 Å². The van der Waals surface area contributed by atoms with Crippen molar-refractivity contribution < 1.29 is 0 Å². The number of hydrogen-bond donors (Lipinski definition) is 0. The molecular formula is C3H9ClGe. The number of hydrogen-bond acceptors (Lipinski definition) is 0. The summed E-state index contributed by atoms with van der Waals surface area (Å²) in [6, 6.07) is 0. The molecule has 32 valence electrons. The van der Waals surface area contributed by atoms with E-state index in [0.717, 1.165) is 0 Å². The van der Waals surface area contributed by atoms with E-state index in [-0.39, 0.29) is 0 Å². The van der Waals surface area contributed by atoms with Crippen LogP contribution >= 0.6 is 10.0 Å². The predicted molar refractivity (Wildman–Crippen MR) is 29.2 cm³/mol. The van der Waals surface area contributed by atoms with Crippen LogP contribution in [0.4, 0.5) is 0 Å². The van der Waals surface area contributed by atoms with Crippen LogP contribution in [-0.4, -0.2) is 12.3 Å². The zero-order valence-corrected chi connectivity index (χ0v) is 6.73. The van der Waals surface area contributed by atoms with Crippen molar-refractivity contribution in [2.75, 3.05) is 0 Å². The monoisotopic (exact) mass is 154 g/mol. The first-order valence-electron chi connectivity index (χ1n) is 1.69. The van der Waals surface area contributed by atoms with Gasteiger partial charge >= 0.3 is 39.6 Å². The molecular weight excluding hydrogens is 145 g/mol. The standard InChI is InChI=1S/C3H9ClGe/c1-5(2,3)4/h1-3H3/i4+0,5+1. The van der Waals surface area contributed by atoms with E-state index in [0.29, 0.717) is 0 Å². The Hall–Kier alpha value is 0.833. The Kier molecular flexibility index (Phi) is 1.77. The Balaban J connectivity index is 3.02. The summed E-state index contributed by atoms with van der Waals surface area (Å²) in [7, 11) is 5.72. The summed E-state index contributed by atoms with van der Waals surface area (Å²) in [6.45, 7) is 0. The van der Waals surface area contributed by atoms with Crippen LogP contribution in [0.25, 0.3) is 0 Å². The van der Waals surface area contributed by atoms with Gasteiger partial charge in [-0.25, -0.2) is 0 Å². The van der Waals surface area contributed by atoms with Gasteiger partial charge in [0.05, 0.1) is 0 Å². The molecule has 0 aliphatic carbocycles. The molecule has 0 aliphatic rings. The summed E-state index contributed by atoms with van der Waals surface area (Å²) in [4.78, 5) is 0. The van der Waals surface area contributed by atoms with Crippen molar-refractivity contribution in [2.45, 2.75) is 17.3 Å². The average molecular weight is 154 g/mol. The molecule has 0 aromatic carbocycles. The molecule has 2 heteroatoms. The Morgan fingerprint density at radius 1 is 1.20 bits per heavy atom. The van der Waals surface area contributed by atoms with E-state index in [1.165, 1.54) is 0 Å². The van der Waals surface area contributed by atoms with Crippen molar-refractivity contribution in [3.63, 3.8) is 0 Å². The van der Waals surface area contributed by atoms with Crippen molar-refractivity contribution in [3.05, 3.63) is 0 Å². The van der Waals surface area contributed by atoms with Crippen molar-refractivity contribution in [2.24, 2.45) is 0 Å². The first-order chi connectivity index (χ1) is 2.00. The summed E-state index contributed by atoms with van der Waals surface area (Å²) in [6.07, 6.45) is 0. The summed E-state index contributed by atoms with van der Waals surface area (Å²) < 4.78 is 0. The predicted octanol–water partition coefficient (Wildman–Crippen LogP) is 2.06. The quantitative estimate of drug-likeness (QED) is 0.468. The van der Waals surface area contributed by atoms with Crippen LogP contribution < -0.4 is 0 Å². The molecule has 5 heavy (non-hydrogen) atoms. The van der Waals surface area contributed by atoms with E-state index in [1.54, 1.807) is 0 Å². The fourth-order valence-corrected chi connectivity index (χ4v) is 0. The Morgan fingerprint density at radius 3 is 1.20 bits per heavy atom. The third-order valence-electron chi connectivity index (χ3n) is 0. The maximum atomic E-state index is 5.72. The number of rotatable bonds is 0. The van der Waals surface area contributed by atoms with Gasteiger partial charge in [-0.3, -0.25) is 0 Å². The van der Waals surface area contributed by atoms with Gasteiger partial charge in [0.2, 0.25) is 0 Å². The molecule has 0 heterocycles. The summed E-state index contributed by atoms with van der Waals surface area (Å²) in [5.41, 5.74) is 0. The average Bonchev–Trinajstić information content (AvgIpc) is 0.722. The summed E-state index contributed by atoms with van der Waals surface area (Å²) in [5, 5.41) is 0. The molecule has 0 aromatic rings. The Bertz CT molecular complexity index is 22.4.